The Hall–Kier alpha value is -1.20. The molecule has 0 bridgehead atoms. The van der Waals surface area contributed by atoms with E-state index in [-0.39, 0.29) is 5.56 Å². The van der Waals surface area contributed by atoms with Crippen LogP contribution in [-0.2, 0) is 6.54 Å². The van der Waals surface area contributed by atoms with Gasteiger partial charge < -0.3 is 10.7 Å². The quantitative estimate of drug-likeness (QED) is 0.789. The highest BCUT2D eigenvalue weighted by Gasteiger charge is 2.18. The van der Waals surface area contributed by atoms with Crippen molar-refractivity contribution >= 4 is 0 Å². The van der Waals surface area contributed by atoms with E-state index in [4.69, 9.17) is 5.73 Å². The number of nitrogens with two attached hydrogens (primary N) is 1. The Kier molecular flexibility index (Phi) is 3.91. The first-order valence-electron chi connectivity index (χ1n) is 6.16. The van der Waals surface area contributed by atoms with Crippen LogP contribution in [0.3, 0.4) is 0 Å². The molecule has 0 aliphatic carbocycles. The highest BCUT2D eigenvalue weighted by Crippen LogP contribution is 2.16. The van der Waals surface area contributed by atoms with E-state index in [2.05, 4.69) is 14.9 Å². The molecule has 2 rings (SSSR count). The molecule has 1 fully saturated rings. The van der Waals surface area contributed by atoms with E-state index in [0.29, 0.717) is 11.7 Å². The molecule has 0 amide bonds. The number of H-pyrrole nitrogens is 1. The van der Waals surface area contributed by atoms with Crippen molar-refractivity contribution in [3.63, 3.8) is 0 Å². The Morgan fingerprint density at radius 1 is 1.53 bits per heavy atom. The first-order valence-corrected chi connectivity index (χ1v) is 6.16. The fourth-order valence-corrected chi connectivity index (χ4v) is 2.33. The third-order valence-corrected chi connectivity index (χ3v) is 3.34. The predicted molar refractivity (Wildman–Crippen MR) is 66.7 cm³/mol. The van der Waals surface area contributed by atoms with Crippen molar-refractivity contribution in [2.75, 3.05) is 19.6 Å². The van der Waals surface area contributed by atoms with E-state index in [1.54, 1.807) is 6.07 Å². The Bertz CT molecular complexity index is 421. The molecule has 3 N–H and O–H groups in total. The minimum Gasteiger partial charge on any atom is -0.330 e. The van der Waals surface area contributed by atoms with Gasteiger partial charge >= 0.3 is 0 Å². The van der Waals surface area contributed by atoms with Crippen molar-refractivity contribution in [3.05, 3.63) is 27.9 Å². The molecule has 0 spiro atoms. The Morgan fingerprint density at radius 2 is 2.24 bits per heavy atom. The van der Waals surface area contributed by atoms with E-state index >= 15 is 0 Å². The average molecular weight is 236 g/mol. The van der Waals surface area contributed by atoms with Gasteiger partial charge in [-0.3, -0.25) is 9.69 Å². The van der Waals surface area contributed by atoms with E-state index in [1.807, 2.05) is 6.92 Å². The van der Waals surface area contributed by atoms with Crippen molar-refractivity contribution < 1.29 is 0 Å². The van der Waals surface area contributed by atoms with Crippen LogP contribution in [0.15, 0.2) is 10.9 Å². The molecule has 5 heteroatoms. The van der Waals surface area contributed by atoms with Crippen LogP contribution in [0.25, 0.3) is 0 Å². The smallest absolute Gasteiger partial charge is 0.251 e. The molecule has 0 radical (unpaired) electrons. The van der Waals surface area contributed by atoms with Crippen LogP contribution in [0.2, 0.25) is 0 Å². The highest BCUT2D eigenvalue weighted by molar-refractivity contribution is 5.02. The molecule has 17 heavy (non-hydrogen) atoms. The average Bonchev–Trinajstić information content (AvgIpc) is 2.28. The van der Waals surface area contributed by atoms with Crippen LogP contribution in [0, 0.1) is 12.8 Å². The van der Waals surface area contributed by atoms with Gasteiger partial charge in [-0.1, -0.05) is 0 Å². The minimum absolute atomic E-state index is 0.0654. The van der Waals surface area contributed by atoms with Crippen LogP contribution >= 0.6 is 0 Å². The maximum Gasteiger partial charge on any atom is 0.251 e. The molecule has 0 aromatic carbocycles. The molecule has 1 aromatic heterocycles. The maximum absolute atomic E-state index is 11.3. The number of hydrogen-bond acceptors (Lipinski definition) is 4. The summed E-state index contributed by atoms with van der Waals surface area (Å²) in [7, 11) is 0. The second kappa shape index (κ2) is 5.42. The molecule has 5 nitrogen and oxygen atoms in total. The number of aromatic amines is 1. The molecule has 0 unspecified atom stereocenters. The monoisotopic (exact) mass is 236 g/mol. The highest BCUT2D eigenvalue weighted by atomic mass is 16.1. The molecule has 0 atom stereocenters. The van der Waals surface area contributed by atoms with Crippen molar-refractivity contribution in [1.82, 2.24) is 14.9 Å². The summed E-state index contributed by atoms with van der Waals surface area (Å²) in [5.41, 5.74) is 6.46. The van der Waals surface area contributed by atoms with Crippen LogP contribution in [0.4, 0.5) is 0 Å². The first-order chi connectivity index (χ1) is 8.17. The lowest BCUT2D eigenvalue weighted by Gasteiger charge is -2.30. The molecule has 2 heterocycles. The fraction of sp³-hybridized carbons (Fsp3) is 0.667. The fourth-order valence-electron chi connectivity index (χ4n) is 2.33. The number of hydrogen-bond donors (Lipinski definition) is 2. The molecule has 0 saturated carbocycles. The standard InChI is InChI=1S/C12H20N4O/c1-9-14-11(6-12(17)15-9)8-16-4-2-10(7-13)3-5-16/h6,10H,2-5,7-8,13H2,1H3,(H,14,15,17). The number of aromatic nitrogens is 2. The third-order valence-electron chi connectivity index (χ3n) is 3.34. The summed E-state index contributed by atoms with van der Waals surface area (Å²) in [6.45, 7) is 5.47. The minimum atomic E-state index is -0.0654. The van der Waals surface area contributed by atoms with Gasteiger partial charge in [0.05, 0.1) is 5.69 Å². The van der Waals surface area contributed by atoms with Gasteiger partial charge in [-0.2, -0.15) is 0 Å². The van der Waals surface area contributed by atoms with Gasteiger partial charge in [0.15, 0.2) is 0 Å². The van der Waals surface area contributed by atoms with Crippen LogP contribution in [0.5, 0.6) is 0 Å². The number of nitrogens with one attached hydrogen (secondary N) is 1. The van der Waals surface area contributed by atoms with Gasteiger partial charge in [0.2, 0.25) is 0 Å². The lowest BCUT2D eigenvalue weighted by atomic mass is 9.97. The van der Waals surface area contributed by atoms with E-state index in [1.165, 1.54) is 0 Å². The summed E-state index contributed by atoms with van der Waals surface area (Å²) in [5.74, 6) is 1.35. The largest absolute Gasteiger partial charge is 0.330 e. The molecule has 1 aliphatic heterocycles. The summed E-state index contributed by atoms with van der Waals surface area (Å²) >= 11 is 0. The number of rotatable bonds is 3. The number of aryl methyl sites for hydroxylation is 1. The third kappa shape index (κ3) is 3.38. The lowest BCUT2D eigenvalue weighted by molar-refractivity contribution is 0.178. The summed E-state index contributed by atoms with van der Waals surface area (Å²) in [4.78, 5) is 20.7. The lowest BCUT2D eigenvalue weighted by Crippen LogP contribution is -2.36. The van der Waals surface area contributed by atoms with Crippen LogP contribution < -0.4 is 11.3 Å². The van der Waals surface area contributed by atoms with Gasteiger partial charge in [-0.05, 0) is 45.3 Å². The summed E-state index contributed by atoms with van der Waals surface area (Å²) in [5, 5.41) is 0. The molecular weight excluding hydrogens is 216 g/mol. The molecule has 1 aromatic rings. The van der Waals surface area contributed by atoms with Crippen LogP contribution in [0.1, 0.15) is 24.4 Å². The van der Waals surface area contributed by atoms with Crippen molar-refractivity contribution in [2.45, 2.75) is 26.3 Å². The topological polar surface area (TPSA) is 75.0 Å². The Labute approximate surface area is 101 Å². The number of nitrogens with zero attached hydrogens (tertiary/aromatic N) is 2. The summed E-state index contributed by atoms with van der Waals surface area (Å²) < 4.78 is 0. The molecule has 1 aliphatic rings. The van der Waals surface area contributed by atoms with Crippen molar-refractivity contribution in [2.24, 2.45) is 11.7 Å². The van der Waals surface area contributed by atoms with Gasteiger partial charge in [-0.15, -0.1) is 0 Å². The van der Waals surface area contributed by atoms with Crippen LogP contribution in [-0.4, -0.2) is 34.5 Å². The Balaban J connectivity index is 1.95. The van der Waals surface area contributed by atoms with Crippen molar-refractivity contribution in [3.8, 4) is 0 Å². The predicted octanol–water partition coefficient (Wildman–Crippen LogP) is 0.249. The first kappa shape index (κ1) is 12.3. The summed E-state index contributed by atoms with van der Waals surface area (Å²) in [6.07, 6.45) is 2.30. The van der Waals surface area contributed by atoms with Crippen molar-refractivity contribution in [1.29, 1.82) is 0 Å². The zero-order chi connectivity index (χ0) is 12.3. The normalized spacial score (nSPS) is 18.5. The van der Waals surface area contributed by atoms with E-state index in [0.717, 1.165) is 44.7 Å². The zero-order valence-corrected chi connectivity index (χ0v) is 10.3. The molecule has 1 saturated heterocycles. The van der Waals surface area contributed by atoms with Gasteiger partial charge in [0.1, 0.15) is 5.82 Å². The van der Waals surface area contributed by atoms with Gasteiger partial charge in [0.25, 0.3) is 5.56 Å². The maximum atomic E-state index is 11.3. The number of piperidine rings is 1. The SMILES string of the molecule is Cc1nc(CN2CCC(CN)CC2)cc(=O)[nH]1. The molecular formula is C12H20N4O. The number of likely N-dealkylation sites (tertiary alicyclic amines) is 1. The second-order valence-electron chi connectivity index (χ2n) is 4.78. The van der Waals surface area contributed by atoms with Gasteiger partial charge in [0, 0.05) is 12.6 Å². The van der Waals surface area contributed by atoms with E-state index in [9.17, 15) is 4.79 Å². The second-order valence-corrected chi connectivity index (χ2v) is 4.78. The van der Waals surface area contributed by atoms with E-state index < -0.39 is 0 Å². The van der Waals surface area contributed by atoms with Gasteiger partial charge in [-0.25, -0.2) is 4.98 Å². The zero-order valence-electron chi connectivity index (χ0n) is 10.3. The summed E-state index contributed by atoms with van der Waals surface area (Å²) in [6, 6.07) is 1.59. The Morgan fingerprint density at radius 3 is 2.82 bits per heavy atom. The molecule has 94 valence electrons.